The topological polar surface area (TPSA) is 54.0 Å². The third-order valence-corrected chi connectivity index (χ3v) is 13.4. The fourth-order valence-electron chi connectivity index (χ4n) is 1.93. The van der Waals surface area contributed by atoms with Crippen LogP contribution in [-0.2, 0) is 21.6 Å². The number of unbranched alkanes of at least 4 members (excludes halogenated alkanes) is 1. The Morgan fingerprint density at radius 2 is 1.16 bits per heavy atom. The molecule has 0 amide bonds. The predicted molar refractivity (Wildman–Crippen MR) is 114 cm³/mol. The Hall–Kier alpha value is -0.0425. The van der Waals surface area contributed by atoms with E-state index in [1.54, 1.807) is 0 Å². The summed E-state index contributed by atoms with van der Waals surface area (Å²) in [7, 11) is -9.80. The minimum Gasteiger partial charge on any atom is -0.450 e. The molecular formula is C16H38O5Si4. The highest BCUT2D eigenvalue weighted by molar-refractivity contribution is 6.88. The summed E-state index contributed by atoms with van der Waals surface area (Å²) in [6.07, 6.45) is 2.52. The summed E-state index contributed by atoms with van der Waals surface area (Å²) in [4.78, 5) is 12.6. The molecule has 25 heavy (non-hydrogen) atoms. The second-order valence-corrected chi connectivity index (χ2v) is 25.6. The quantitative estimate of drug-likeness (QED) is 0.335. The smallest absolute Gasteiger partial charge is 0.450 e. The van der Waals surface area contributed by atoms with Crippen LogP contribution in [0.5, 0.6) is 0 Å². The van der Waals surface area contributed by atoms with E-state index >= 15 is 0 Å². The van der Waals surface area contributed by atoms with Crippen molar-refractivity contribution in [3.05, 3.63) is 12.2 Å². The fourth-order valence-corrected chi connectivity index (χ4v) is 13.4. The highest BCUT2D eigenvalue weighted by atomic mass is 28.5. The van der Waals surface area contributed by atoms with E-state index in [-0.39, 0.29) is 0 Å². The predicted octanol–water partition coefficient (Wildman–Crippen LogP) is 5.27. The molecule has 0 radical (unpaired) electrons. The third kappa shape index (κ3) is 12.1. The highest BCUT2D eigenvalue weighted by Crippen LogP contribution is 2.27. The monoisotopic (exact) mass is 422 g/mol. The molecule has 5 nitrogen and oxygen atoms in total. The van der Waals surface area contributed by atoms with Crippen LogP contribution in [-0.4, -0.2) is 40.0 Å². The first-order valence-corrected chi connectivity index (χ1v) is 20.9. The normalized spacial score (nSPS) is 13.7. The number of carbonyl (C=O) groups is 1. The molecule has 0 bridgehead atoms. The third-order valence-electron chi connectivity index (χ3n) is 2.63. The van der Waals surface area contributed by atoms with Crippen molar-refractivity contribution in [1.82, 2.24) is 0 Å². The molecule has 0 spiro atoms. The molecule has 148 valence electrons. The summed E-state index contributed by atoms with van der Waals surface area (Å²) in [6.45, 7) is 24.4. The molecule has 0 saturated carbocycles. The molecule has 0 aliphatic heterocycles. The Bertz CT molecular complexity index is 420. The van der Waals surface area contributed by atoms with Crippen LogP contribution in [0, 0.1) is 0 Å². The molecule has 0 N–H and O–H groups in total. The van der Waals surface area contributed by atoms with Gasteiger partial charge in [-0.3, -0.25) is 0 Å². The van der Waals surface area contributed by atoms with Crippen LogP contribution in [0.3, 0.4) is 0 Å². The number of hydrogen-bond acceptors (Lipinski definition) is 5. The van der Waals surface area contributed by atoms with Gasteiger partial charge in [-0.15, -0.1) is 0 Å². The largest absolute Gasteiger partial charge is 0.719 e. The van der Waals surface area contributed by atoms with Gasteiger partial charge in [0.2, 0.25) is 0 Å². The van der Waals surface area contributed by atoms with Crippen LogP contribution in [0.25, 0.3) is 0 Å². The van der Waals surface area contributed by atoms with E-state index < -0.39 is 40.0 Å². The first-order chi connectivity index (χ1) is 11.0. The standard InChI is InChI=1S/C16H38O5Si4/c1-12-13-14-15(2)16(17)18-25(19-22(3,4)5,20-23(6,7)8)21-24(9,10)11/h2,12-14H2,1,3-11H3. The number of rotatable bonds is 11. The molecule has 0 unspecified atom stereocenters. The lowest BCUT2D eigenvalue weighted by molar-refractivity contribution is -0.135. The summed E-state index contributed by atoms with van der Waals surface area (Å²) in [5.74, 6) is -0.449. The van der Waals surface area contributed by atoms with Crippen LogP contribution in [0.15, 0.2) is 12.2 Å². The molecule has 0 aliphatic carbocycles. The average molecular weight is 423 g/mol. The van der Waals surface area contributed by atoms with Gasteiger partial charge in [0.1, 0.15) is 0 Å². The lowest BCUT2D eigenvalue weighted by atomic mass is 10.1. The maximum atomic E-state index is 12.6. The first-order valence-electron chi connectivity index (χ1n) is 9.00. The van der Waals surface area contributed by atoms with Crippen molar-refractivity contribution >= 4 is 40.0 Å². The van der Waals surface area contributed by atoms with Crippen LogP contribution >= 0.6 is 0 Å². The summed E-state index contributed by atoms with van der Waals surface area (Å²) in [6, 6.07) is 0. The van der Waals surface area contributed by atoms with Crippen molar-refractivity contribution in [3.8, 4) is 0 Å². The molecule has 0 aromatic carbocycles. The molecule has 0 aromatic rings. The zero-order chi connectivity index (χ0) is 20.1. The van der Waals surface area contributed by atoms with Gasteiger partial charge >= 0.3 is 15.0 Å². The van der Waals surface area contributed by atoms with Crippen molar-refractivity contribution in [2.24, 2.45) is 0 Å². The van der Waals surface area contributed by atoms with Gasteiger partial charge in [-0.05, 0) is 71.8 Å². The minimum atomic E-state index is -3.59. The Labute approximate surface area is 159 Å². The van der Waals surface area contributed by atoms with E-state index in [0.29, 0.717) is 12.0 Å². The van der Waals surface area contributed by atoms with Crippen LogP contribution in [0.4, 0.5) is 0 Å². The van der Waals surface area contributed by atoms with E-state index in [0.717, 1.165) is 12.8 Å². The van der Waals surface area contributed by atoms with Crippen molar-refractivity contribution in [2.75, 3.05) is 0 Å². The summed E-state index contributed by atoms with van der Waals surface area (Å²) >= 11 is 0. The van der Waals surface area contributed by atoms with Crippen LogP contribution < -0.4 is 0 Å². The first kappa shape index (κ1) is 25.0. The lowest BCUT2D eigenvalue weighted by Crippen LogP contribution is -2.63. The maximum absolute atomic E-state index is 12.6. The molecule has 0 rings (SSSR count). The van der Waals surface area contributed by atoms with Crippen molar-refractivity contribution in [1.29, 1.82) is 0 Å². The van der Waals surface area contributed by atoms with Gasteiger partial charge in [-0.25, -0.2) is 4.79 Å². The second-order valence-electron chi connectivity index (χ2n) is 9.24. The molecule has 9 heteroatoms. The average Bonchev–Trinajstić information content (AvgIpc) is 2.28. The van der Waals surface area contributed by atoms with E-state index in [1.165, 1.54) is 0 Å². The SMILES string of the molecule is C=C(CCCC)C(=O)O[Si](O[Si](C)(C)C)(O[Si](C)(C)C)O[Si](C)(C)C. The molecule has 0 heterocycles. The van der Waals surface area contributed by atoms with Gasteiger partial charge in [0.05, 0.1) is 0 Å². The fraction of sp³-hybridized carbons (Fsp3) is 0.812. The maximum Gasteiger partial charge on any atom is 0.719 e. The molecule has 0 aliphatic rings. The number of hydrogen-bond donors (Lipinski definition) is 0. The van der Waals surface area contributed by atoms with Crippen molar-refractivity contribution in [2.45, 2.75) is 85.1 Å². The zero-order valence-corrected chi connectivity index (χ0v) is 21.9. The van der Waals surface area contributed by atoms with Crippen molar-refractivity contribution in [3.63, 3.8) is 0 Å². The van der Waals surface area contributed by atoms with E-state index in [2.05, 4.69) is 72.4 Å². The molecular weight excluding hydrogens is 385 g/mol. The van der Waals surface area contributed by atoms with Gasteiger partial charge in [-0.1, -0.05) is 19.9 Å². The second kappa shape index (κ2) is 9.24. The van der Waals surface area contributed by atoms with Gasteiger partial charge in [0.15, 0.2) is 25.0 Å². The molecule has 0 saturated heterocycles. The summed E-state index contributed by atoms with van der Waals surface area (Å²) in [5, 5.41) is 0. The highest BCUT2D eigenvalue weighted by Gasteiger charge is 2.57. The van der Waals surface area contributed by atoms with Gasteiger partial charge in [0, 0.05) is 5.57 Å². The van der Waals surface area contributed by atoms with Crippen molar-refractivity contribution < 1.29 is 21.6 Å². The molecule has 0 atom stereocenters. The van der Waals surface area contributed by atoms with Gasteiger partial charge < -0.3 is 16.8 Å². The van der Waals surface area contributed by atoms with E-state index in [9.17, 15) is 4.79 Å². The Morgan fingerprint density at radius 1 is 0.800 bits per heavy atom. The molecule has 0 fully saturated rings. The minimum absolute atomic E-state index is 0.449. The Kier molecular flexibility index (Phi) is 9.23. The molecule has 0 aromatic heterocycles. The van der Waals surface area contributed by atoms with Crippen LogP contribution in [0.1, 0.15) is 26.2 Å². The van der Waals surface area contributed by atoms with Gasteiger partial charge in [-0.2, -0.15) is 0 Å². The van der Waals surface area contributed by atoms with E-state index in [4.69, 9.17) is 16.8 Å². The lowest BCUT2D eigenvalue weighted by Gasteiger charge is -2.40. The van der Waals surface area contributed by atoms with Gasteiger partial charge in [0.25, 0.3) is 0 Å². The Balaban J connectivity index is 5.72. The summed E-state index contributed by atoms with van der Waals surface area (Å²) in [5.41, 5.74) is 0.455. The van der Waals surface area contributed by atoms with E-state index in [1.807, 2.05) is 0 Å². The summed E-state index contributed by atoms with van der Waals surface area (Å²) < 4.78 is 24.8. The zero-order valence-electron chi connectivity index (χ0n) is 17.9. The Morgan fingerprint density at radius 3 is 1.44 bits per heavy atom. The number of carbonyl (C=O) groups excluding carboxylic acids is 1. The van der Waals surface area contributed by atoms with Crippen LogP contribution in [0.2, 0.25) is 58.9 Å².